The van der Waals surface area contributed by atoms with Gasteiger partial charge in [-0.3, -0.25) is 4.90 Å². The number of carbonyl (C=O) groups excluding carboxylic acids is 1. The SMILES string of the molecule is O=C1OC2CNCC2N1Cc1ccccc1Cl. The van der Waals surface area contributed by atoms with E-state index in [4.69, 9.17) is 16.3 Å². The maximum absolute atomic E-state index is 11.7. The summed E-state index contributed by atoms with van der Waals surface area (Å²) in [5.74, 6) is 0. The lowest BCUT2D eigenvalue weighted by molar-refractivity contribution is 0.133. The van der Waals surface area contributed by atoms with Crippen molar-refractivity contribution in [1.82, 2.24) is 10.2 Å². The second-order valence-electron chi connectivity index (χ2n) is 4.37. The zero-order valence-electron chi connectivity index (χ0n) is 9.23. The minimum absolute atomic E-state index is 0.00927. The molecule has 2 heterocycles. The third kappa shape index (κ3) is 1.87. The van der Waals surface area contributed by atoms with Gasteiger partial charge in [-0.15, -0.1) is 0 Å². The third-order valence-corrected chi connectivity index (χ3v) is 3.68. The Balaban J connectivity index is 1.81. The molecule has 1 aromatic carbocycles. The van der Waals surface area contributed by atoms with Crippen molar-refractivity contribution in [1.29, 1.82) is 0 Å². The molecule has 1 amide bonds. The fourth-order valence-electron chi connectivity index (χ4n) is 2.40. The number of hydrogen-bond donors (Lipinski definition) is 1. The molecule has 2 saturated heterocycles. The average Bonchev–Trinajstić information content (AvgIpc) is 2.85. The summed E-state index contributed by atoms with van der Waals surface area (Å²) in [6.07, 6.45) is -0.244. The lowest BCUT2D eigenvalue weighted by Crippen LogP contribution is -2.36. The molecule has 0 aliphatic carbocycles. The summed E-state index contributed by atoms with van der Waals surface area (Å²) >= 11 is 6.10. The Morgan fingerprint density at radius 1 is 1.41 bits per heavy atom. The number of benzene rings is 1. The lowest BCUT2D eigenvalue weighted by atomic mass is 10.1. The van der Waals surface area contributed by atoms with Crippen molar-refractivity contribution < 1.29 is 9.53 Å². The van der Waals surface area contributed by atoms with Crippen molar-refractivity contribution in [3.63, 3.8) is 0 Å². The van der Waals surface area contributed by atoms with E-state index < -0.39 is 0 Å². The van der Waals surface area contributed by atoms with Crippen LogP contribution in [-0.2, 0) is 11.3 Å². The average molecular weight is 253 g/mol. The standard InChI is InChI=1S/C12H13ClN2O2/c13-9-4-2-1-3-8(9)7-15-10-5-14-6-11(10)17-12(15)16/h1-4,10-11,14H,5-7H2. The van der Waals surface area contributed by atoms with E-state index in [2.05, 4.69) is 5.32 Å². The van der Waals surface area contributed by atoms with Crippen LogP contribution in [0.15, 0.2) is 24.3 Å². The molecule has 1 aromatic rings. The normalized spacial score (nSPS) is 27.1. The number of fused-ring (bicyclic) bond motifs is 1. The van der Waals surface area contributed by atoms with E-state index in [1.807, 2.05) is 24.3 Å². The Hall–Kier alpha value is -1.26. The van der Waals surface area contributed by atoms with Gasteiger partial charge in [0.15, 0.2) is 0 Å². The minimum Gasteiger partial charge on any atom is -0.442 e. The molecule has 2 unspecified atom stereocenters. The quantitative estimate of drug-likeness (QED) is 0.870. The monoisotopic (exact) mass is 252 g/mol. The van der Waals surface area contributed by atoms with Crippen LogP contribution >= 0.6 is 11.6 Å². The van der Waals surface area contributed by atoms with Crippen molar-refractivity contribution in [2.45, 2.75) is 18.7 Å². The summed E-state index contributed by atoms with van der Waals surface area (Å²) in [6.45, 7) is 2.05. The summed E-state index contributed by atoms with van der Waals surface area (Å²) in [7, 11) is 0. The maximum atomic E-state index is 11.7. The van der Waals surface area contributed by atoms with E-state index in [-0.39, 0.29) is 18.2 Å². The van der Waals surface area contributed by atoms with Crippen molar-refractivity contribution in [2.24, 2.45) is 0 Å². The van der Waals surface area contributed by atoms with Crippen molar-refractivity contribution in [3.05, 3.63) is 34.9 Å². The Labute approximate surface area is 104 Å². The molecule has 2 fully saturated rings. The van der Waals surface area contributed by atoms with Gasteiger partial charge in [-0.1, -0.05) is 29.8 Å². The second kappa shape index (κ2) is 4.20. The molecule has 17 heavy (non-hydrogen) atoms. The molecule has 5 heteroatoms. The number of nitrogens with one attached hydrogen (secondary N) is 1. The number of hydrogen-bond acceptors (Lipinski definition) is 3. The highest BCUT2D eigenvalue weighted by molar-refractivity contribution is 6.31. The van der Waals surface area contributed by atoms with Crippen LogP contribution in [0.25, 0.3) is 0 Å². The van der Waals surface area contributed by atoms with Crippen LogP contribution in [0.3, 0.4) is 0 Å². The molecule has 0 radical (unpaired) electrons. The van der Waals surface area contributed by atoms with Gasteiger partial charge in [-0.05, 0) is 11.6 Å². The molecule has 4 nitrogen and oxygen atoms in total. The summed E-state index contributed by atoms with van der Waals surface area (Å²) < 4.78 is 5.29. The molecule has 2 atom stereocenters. The number of carbonyl (C=O) groups is 1. The Kier molecular flexibility index (Phi) is 2.68. The van der Waals surface area contributed by atoms with Crippen LogP contribution in [0.2, 0.25) is 5.02 Å². The van der Waals surface area contributed by atoms with Crippen LogP contribution < -0.4 is 5.32 Å². The van der Waals surface area contributed by atoms with Gasteiger partial charge in [0, 0.05) is 18.1 Å². The fourth-order valence-corrected chi connectivity index (χ4v) is 2.59. The largest absolute Gasteiger partial charge is 0.442 e. The van der Waals surface area contributed by atoms with E-state index in [1.165, 1.54) is 0 Å². The number of halogens is 1. The Morgan fingerprint density at radius 3 is 3.06 bits per heavy atom. The van der Waals surface area contributed by atoms with Crippen LogP contribution in [0, 0.1) is 0 Å². The van der Waals surface area contributed by atoms with E-state index in [0.29, 0.717) is 11.6 Å². The summed E-state index contributed by atoms with van der Waals surface area (Å²) in [5.41, 5.74) is 0.957. The molecule has 0 bridgehead atoms. The zero-order chi connectivity index (χ0) is 11.8. The molecule has 2 aliphatic rings. The highest BCUT2D eigenvalue weighted by Crippen LogP contribution is 2.26. The van der Waals surface area contributed by atoms with Gasteiger partial charge in [-0.25, -0.2) is 4.79 Å². The number of ether oxygens (including phenoxy) is 1. The molecule has 0 aromatic heterocycles. The summed E-state index contributed by atoms with van der Waals surface area (Å²) in [4.78, 5) is 13.5. The Morgan fingerprint density at radius 2 is 2.24 bits per heavy atom. The smallest absolute Gasteiger partial charge is 0.410 e. The molecular weight excluding hydrogens is 240 g/mol. The number of rotatable bonds is 2. The molecular formula is C12H13ClN2O2. The van der Waals surface area contributed by atoms with Gasteiger partial charge in [-0.2, -0.15) is 0 Å². The Bertz CT molecular complexity index is 452. The first-order valence-electron chi connectivity index (χ1n) is 5.67. The van der Waals surface area contributed by atoms with Gasteiger partial charge in [0.05, 0.1) is 12.6 Å². The van der Waals surface area contributed by atoms with E-state index in [1.54, 1.807) is 4.90 Å². The topological polar surface area (TPSA) is 41.6 Å². The van der Waals surface area contributed by atoms with Gasteiger partial charge < -0.3 is 10.1 Å². The molecule has 3 rings (SSSR count). The minimum atomic E-state index is -0.235. The van der Waals surface area contributed by atoms with Crippen LogP contribution in [0.5, 0.6) is 0 Å². The fraction of sp³-hybridized carbons (Fsp3) is 0.417. The summed E-state index contributed by atoms with van der Waals surface area (Å²) in [6, 6.07) is 7.72. The first-order valence-corrected chi connectivity index (χ1v) is 6.05. The second-order valence-corrected chi connectivity index (χ2v) is 4.77. The van der Waals surface area contributed by atoms with E-state index >= 15 is 0 Å². The predicted molar refractivity (Wildman–Crippen MR) is 63.9 cm³/mol. The number of nitrogens with zero attached hydrogens (tertiary/aromatic N) is 1. The van der Waals surface area contributed by atoms with Gasteiger partial charge >= 0.3 is 6.09 Å². The highest BCUT2D eigenvalue weighted by atomic mass is 35.5. The lowest BCUT2D eigenvalue weighted by Gasteiger charge is -2.20. The van der Waals surface area contributed by atoms with Crippen molar-refractivity contribution >= 4 is 17.7 Å². The maximum Gasteiger partial charge on any atom is 0.410 e. The summed E-state index contributed by atoms with van der Waals surface area (Å²) in [5, 5.41) is 3.91. The van der Waals surface area contributed by atoms with Crippen LogP contribution in [-0.4, -0.2) is 36.2 Å². The van der Waals surface area contributed by atoms with Gasteiger partial charge in [0.25, 0.3) is 0 Å². The number of amides is 1. The van der Waals surface area contributed by atoms with Gasteiger partial charge in [0.2, 0.25) is 0 Å². The van der Waals surface area contributed by atoms with E-state index in [0.717, 1.165) is 18.7 Å². The van der Waals surface area contributed by atoms with Crippen molar-refractivity contribution in [3.8, 4) is 0 Å². The molecule has 0 saturated carbocycles. The van der Waals surface area contributed by atoms with Crippen LogP contribution in [0.4, 0.5) is 4.79 Å². The molecule has 0 spiro atoms. The highest BCUT2D eigenvalue weighted by Gasteiger charge is 2.44. The molecule has 1 N–H and O–H groups in total. The third-order valence-electron chi connectivity index (χ3n) is 3.31. The van der Waals surface area contributed by atoms with Crippen molar-refractivity contribution in [2.75, 3.05) is 13.1 Å². The zero-order valence-corrected chi connectivity index (χ0v) is 9.98. The molecule has 90 valence electrons. The molecule has 2 aliphatic heterocycles. The predicted octanol–water partition coefficient (Wildman–Crippen LogP) is 1.63. The first kappa shape index (κ1) is 10.9. The van der Waals surface area contributed by atoms with Crippen LogP contribution in [0.1, 0.15) is 5.56 Å². The first-order chi connectivity index (χ1) is 8.25. The van der Waals surface area contributed by atoms with Gasteiger partial charge in [0.1, 0.15) is 6.10 Å². The van der Waals surface area contributed by atoms with E-state index in [9.17, 15) is 4.79 Å².